The third kappa shape index (κ3) is 3.23. The van der Waals surface area contributed by atoms with Crippen molar-refractivity contribution in [3.8, 4) is 5.75 Å². The summed E-state index contributed by atoms with van der Waals surface area (Å²) in [5, 5.41) is 11.9. The van der Waals surface area contributed by atoms with Crippen LogP contribution in [0.5, 0.6) is 5.75 Å². The second-order valence-corrected chi connectivity index (χ2v) is 7.30. The third-order valence-electron chi connectivity index (χ3n) is 5.75. The Bertz CT molecular complexity index is 762. The topological polar surface area (TPSA) is 43.8 Å². The summed E-state index contributed by atoms with van der Waals surface area (Å²) in [6.07, 6.45) is 5.93. The summed E-state index contributed by atoms with van der Waals surface area (Å²) in [4.78, 5) is 17.7. The zero-order valence-corrected chi connectivity index (χ0v) is 14.7. The van der Waals surface area contributed by atoms with Crippen LogP contribution in [0.1, 0.15) is 42.5 Å². The standard InChI is InChI=1S/C21H26N2O2/c24-19-10-4-7-16-6-3-9-18(20(16)19)21(25)23-14-5-8-17(11-15-23)22-12-1-2-13-22/h3-4,6-7,9-10,17,24H,1-2,5,8,11-15H2. The fourth-order valence-electron chi connectivity index (χ4n) is 4.42. The minimum atomic E-state index is 0.0502. The molecule has 2 fully saturated rings. The van der Waals surface area contributed by atoms with Gasteiger partial charge in [-0.05, 0) is 62.7 Å². The number of likely N-dealkylation sites (tertiary alicyclic amines) is 2. The summed E-state index contributed by atoms with van der Waals surface area (Å²) in [7, 11) is 0. The van der Waals surface area contributed by atoms with Crippen molar-refractivity contribution < 1.29 is 9.90 Å². The average Bonchev–Trinajstić information content (AvgIpc) is 3.06. The van der Waals surface area contributed by atoms with Gasteiger partial charge in [0.1, 0.15) is 5.75 Å². The molecule has 0 saturated carbocycles. The molecule has 1 amide bonds. The van der Waals surface area contributed by atoms with E-state index in [0.29, 0.717) is 17.0 Å². The molecule has 4 rings (SSSR count). The van der Waals surface area contributed by atoms with Crippen LogP contribution in [0.25, 0.3) is 10.8 Å². The molecule has 0 spiro atoms. The van der Waals surface area contributed by atoms with Crippen LogP contribution in [0, 0.1) is 0 Å². The largest absolute Gasteiger partial charge is 0.507 e. The number of nitrogens with zero attached hydrogens (tertiary/aromatic N) is 2. The van der Waals surface area contributed by atoms with Crippen LogP contribution in [0.2, 0.25) is 0 Å². The summed E-state index contributed by atoms with van der Waals surface area (Å²) < 4.78 is 0. The number of fused-ring (bicyclic) bond motifs is 1. The maximum atomic E-state index is 13.1. The second-order valence-electron chi connectivity index (χ2n) is 7.30. The van der Waals surface area contributed by atoms with Crippen molar-refractivity contribution in [1.82, 2.24) is 9.80 Å². The molecular formula is C21H26N2O2. The van der Waals surface area contributed by atoms with E-state index in [2.05, 4.69) is 4.90 Å². The predicted molar refractivity (Wildman–Crippen MR) is 100.0 cm³/mol. The maximum absolute atomic E-state index is 13.1. The fourth-order valence-corrected chi connectivity index (χ4v) is 4.42. The zero-order valence-electron chi connectivity index (χ0n) is 14.7. The highest BCUT2D eigenvalue weighted by atomic mass is 16.3. The lowest BCUT2D eigenvalue weighted by Crippen LogP contribution is -2.35. The highest BCUT2D eigenvalue weighted by Crippen LogP contribution is 2.29. The molecule has 0 radical (unpaired) electrons. The molecule has 1 unspecified atom stereocenters. The van der Waals surface area contributed by atoms with E-state index in [0.717, 1.165) is 31.3 Å². The van der Waals surface area contributed by atoms with E-state index in [4.69, 9.17) is 0 Å². The first-order chi connectivity index (χ1) is 12.2. The van der Waals surface area contributed by atoms with Crippen molar-refractivity contribution in [2.45, 2.75) is 38.1 Å². The van der Waals surface area contributed by atoms with Crippen molar-refractivity contribution >= 4 is 16.7 Å². The molecular weight excluding hydrogens is 312 g/mol. The van der Waals surface area contributed by atoms with Crippen molar-refractivity contribution in [1.29, 1.82) is 0 Å². The van der Waals surface area contributed by atoms with Gasteiger partial charge in [-0.1, -0.05) is 24.3 Å². The Balaban J connectivity index is 1.55. The number of carbonyl (C=O) groups excluding carboxylic acids is 1. The van der Waals surface area contributed by atoms with Gasteiger partial charge in [0.05, 0.1) is 5.56 Å². The van der Waals surface area contributed by atoms with Gasteiger partial charge >= 0.3 is 0 Å². The normalized spacial score (nSPS) is 22.2. The van der Waals surface area contributed by atoms with Crippen LogP contribution in [0.15, 0.2) is 36.4 Å². The maximum Gasteiger partial charge on any atom is 0.254 e. The number of benzene rings is 2. The fraction of sp³-hybridized carbons (Fsp3) is 0.476. The lowest BCUT2D eigenvalue weighted by atomic mass is 10.0. The zero-order chi connectivity index (χ0) is 17.2. The Labute approximate surface area is 149 Å². The lowest BCUT2D eigenvalue weighted by molar-refractivity contribution is 0.0759. The first-order valence-corrected chi connectivity index (χ1v) is 9.48. The van der Waals surface area contributed by atoms with Gasteiger partial charge < -0.3 is 14.9 Å². The Morgan fingerprint density at radius 1 is 0.920 bits per heavy atom. The van der Waals surface area contributed by atoms with Crippen LogP contribution in [0.3, 0.4) is 0 Å². The van der Waals surface area contributed by atoms with E-state index in [1.807, 2.05) is 35.2 Å². The van der Waals surface area contributed by atoms with Crippen LogP contribution in [-0.4, -0.2) is 53.0 Å². The van der Waals surface area contributed by atoms with Gasteiger partial charge in [-0.2, -0.15) is 0 Å². The summed E-state index contributed by atoms with van der Waals surface area (Å²) in [6.45, 7) is 4.06. The molecule has 4 heteroatoms. The quantitative estimate of drug-likeness (QED) is 0.909. The van der Waals surface area contributed by atoms with Gasteiger partial charge in [0.25, 0.3) is 5.91 Å². The Morgan fingerprint density at radius 3 is 2.48 bits per heavy atom. The second kappa shape index (κ2) is 7.04. The van der Waals surface area contributed by atoms with E-state index in [1.165, 1.54) is 32.4 Å². The predicted octanol–water partition coefficient (Wildman–Crippen LogP) is 3.64. The summed E-state index contributed by atoms with van der Waals surface area (Å²) >= 11 is 0. The Morgan fingerprint density at radius 2 is 1.68 bits per heavy atom. The van der Waals surface area contributed by atoms with E-state index in [9.17, 15) is 9.90 Å². The van der Waals surface area contributed by atoms with Gasteiger partial charge in [0.2, 0.25) is 0 Å². The number of hydrogen-bond acceptors (Lipinski definition) is 3. The summed E-state index contributed by atoms with van der Waals surface area (Å²) in [5.74, 6) is 0.236. The number of carbonyl (C=O) groups is 1. The van der Waals surface area contributed by atoms with Gasteiger partial charge in [-0.25, -0.2) is 0 Å². The van der Waals surface area contributed by atoms with Gasteiger partial charge in [0, 0.05) is 24.5 Å². The molecule has 2 aromatic carbocycles. The lowest BCUT2D eigenvalue weighted by Gasteiger charge is -2.26. The number of phenols is 1. The molecule has 2 aromatic rings. The van der Waals surface area contributed by atoms with Crippen LogP contribution < -0.4 is 0 Å². The molecule has 2 heterocycles. The minimum absolute atomic E-state index is 0.0502. The van der Waals surface area contributed by atoms with Crippen LogP contribution in [-0.2, 0) is 0 Å². The molecule has 1 N–H and O–H groups in total. The molecule has 0 aromatic heterocycles. The Kier molecular flexibility index (Phi) is 4.62. The van der Waals surface area contributed by atoms with Gasteiger partial charge in [-0.3, -0.25) is 4.79 Å². The first-order valence-electron chi connectivity index (χ1n) is 9.48. The minimum Gasteiger partial charge on any atom is -0.507 e. The molecule has 0 bridgehead atoms. The highest BCUT2D eigenvalue weighted by molar-refractivity contribution is 6.09. The average molecular weight is 338 g/mol. The van der Waals surface area contributed by atoms with E-state index in [-0.39, 0.29) is 11.7 Å². The Hall–Kier alpha value is -2.07. The number of aromatic hydroxyl groups is 1. The number of hydrogen-bond donors (Lipinski definition) is 1. The van der Waals surface area contributed by atoms with E-state index in [1.54, 1.807) is 6.07 Å². The third-order valence-corrected chi connectivity index (χ3v) is 5.75. The molecule has 4 nitrogen and oxygen atoms in total. The molecule has 0 aliphatic carbocycles. The summed E-state index contributed by atoms with van der Waals surface area (Å²) in [5.41, 5.74) is 0.621. The highest BCUT2D eigenvalue weighted by Gasteiger charge is 2.27. The number of amides is 1. The van der Waals surface area contributed by atoms with Crippen molar-refractivity contribution in [3.05, 3.63) is 42.0 Å². The van der Waals surface area contributed by atoms with Crippen molar-refractivity contribution in [3.63, 3.8) is 0 Å². The van der Waals surface area contributed by atoms with Crippen LogP contribution in [0.4, 0.5) is 0 Å². The summed E-state index contributed by atoms with van der Waals surface area (Å²) in [6, 6.07) is 11.7. The number of phenolic OH excluding ortho intramolecular Hbond substituents is 1. The van der Waals surface area contributed by atoms with E-state index >= 15 is 0 Å². The SMILES string of the molecule is O=C(c1cccc2cccc(O)c12)N1CCCC(N2CCCC2)CC1. The molecule has 2 aliphatic rings. The molecule has 132 valence electrons. The van der Waals surface area contributed by atoms with Crippen molar-refractivity contribution in [2.75, 3.05) is 26.2 Å². The molecule has 1 atom stereocenters. The monoisotopic (exact) mass is 338 g/mol. The smallest absolute Gasteiger partial charge is 0.254 e. The number of rotatable bonds is 2. The first kappa shape index (κ1) is 16.4. The molecule has 2 aliphatic heterocycles. The van der Waals surface area contributed by atoms with Gasteiger partial charge in [-0.15, -0.1) is 0 Å². The molecule has 25 heavy (non-hydrogen) atoms. The van der Waals surface area contributed by atoms with E-state index < -0.39 is 0 Å². The van der Waals surface area contributed by atoms with Gasteiger partial charge in [0.15, 0.2) is 0 Å². The molecule has 2 saturated heterocycles. The van der Waals surface area contributed by atoms with Crippen molar-refractivity contribution in [2.24, 2.45) is 0 Å². The van der Waals surface area contributed by atoms with Crippen LogP contribution >= 0.6 is 0 Å².